The number of ether oxygens (including phenoxy) is 1. The van der Waals surface area contributed by atoms with Gasteiger partial charge < -0.3 is 10.5 Å². The average Bonchev–Trinajstić information content (AvgIpc) is 2.97. The lowest BCUT2D eigenvalue weighted by molar-refractivity contribution is 0.403. The van der Waals surface area contributed by atoms with Crippen LogP contribution >= 0.6 is 0 Å². The van der Waals surface area contributed by atoms with Crippen LogP contribution in [0.2, 0.25) is 0 Å². The number of nitrogens with one attached hydrogen (secondary N) is 1. The van der Waals surface area contributed by atoms with Crippen LogP contribution in [0.1, 0.15) is 30.8 Å². The fourth-order valence-electron chi connectivity index (χ4n) is 1.74. The first kappa shape index (κ1) is 11.6. The molecule has 0 aliphatic rings. The Labute approximate surface area is 99.0 Å². The highest BCUT2D eigenvalue weighted by Gasteiger charge is 2.21. The van der Waals surface area contributed by atoms with E-state index in [1.807, 2.05) is 4.68 Å². The molecule has 0 spiro atoms. The van der Waals surface area contributed by atoms with E-state index < -0.39 is 6.04 Å². The quantitative estimate of drug-likeness (QED) is 0.786. The average molecular weight is 236 g/mol. The maximum Gasteiger partial charge on any atom is 0.161 e. The third-order valence-electron chi connectivity index (χ3n) is 2.55. The van der Waals surface area contributed by atoms with Gasteiger partial charge in [-0.05, 0) is 6.42 Å². The summed E-state index contributed by atoms with van der Waals surface area (Å²) < 4.78 is 7.12. The molecule has 0 amide bonds. The summed E-state index contributed by atoms with van der Waals surface area (Å²) in [7, 11) is 1.60. The molecule has 2 aromatic rings. The molecule has 2 rings (SSSR count). The lowest BCUT2D eigenvalue weighted by Gasteiger charge is -2.13. The van der Waals surface area contributed by atoms with Gasteiger partial charge in [-0.1, -0.05) is 6.92 Å². The molecular weight excluding hydrogens is 220 g/mol. The van der Waals surface area contributed by atoms with Crippen molar-refractivity contribution in [2.75, 3.05) is 7.11 Å². The van der Waals surface area contributed by atoms with Crippen LogP contribution in [0.15, 0.2) is 12.4 Å². The molecule has 0 fully saturated rings. The van der Waals surface area contributed by atoms with E-state index in [-0.39, 0.29) is 0 Å². The fraction of sp³-hybridized carbons (Fsp3) is 0.500. The van der Waals surface area contributed by atoms with E-state index in [0.29, 0.717) is 11.4 Å². The Kier molecular flexibility index (Phi) is 3.38. The minimum absolute atomic E-state index is 0.391. The van der Waals surface area contributed by atoms with Crippen molar-refractivity contribution in [3.05, 3.63) is 23.8 Å². The summed E-state index contributed by atoms with van der Waals surface area (Å²) in [5, 5.41) is 14.6. The third-order valence-corrected chi connectivity index (χ3v) is 2.55. The van der Waals surface area contributed by atoms with Crippen LogP contribution in [0, 0.1) is 0 Å². The number of methoxy groups -OCH3 is 1. The van der Waals surface area contributed by atoms with Gasteiger partial charge in [0.25, 0.3) is 0 Å². The van der Waals surface area contributed by atoms with Gasteiger partial charge in [-0.3, -0.25) is 4.68 Å². The van der Waals surface area contributed by atoms with Crippen LogP contribution in [0.3, 0.4) is 0 Å². The Balaban J connectivity index is 2.38. The molecule has 0 aliphatic heterocycles. The van der Waals surface area contributed by atoms with Gasteiger partial charge >= 0.3 is 0 Å². The Bertz CT molecular complexity index is 463. The van der Waals surface area contributed by atoms with E-state index in [1.54, 1.807) is 19.5 Å². The zero-order chi connectivity index (χ0) is 12.3. The largest absolute Gasteiger partial charge is 0.493 e. The predicted octanol–water partition coefficient (Wildman–Crippen LogP) is 0.468. The van der Waals surface area contributed by atoms with Gasteiger partial charge in [-0.15, -0.1) is 0 Å². The Morgan fingerprint density at radius 3 is 2.94 bits per heavy atom. The van der Waals surface area contributed by atoms with Crippen molar-refractivity contribution < 1.29 is 4.74 Å². The van der Waals surface area contributed by atoms with Gasteiger partial charge in [-0.2, -0.15) is 20.5 Å². The molecular formula is C10H16N6O. The maximum absolute atomic E-state index is 6.15. The molecule has 2 heterocycles. The minimum atomic E-state index is -0.391. The number of aromatic nitrogens is 5. The van der Waals surface area contributed by atoms with E-state index in [4.69, 9.17) is 10.5 Å². The second-order valence-electron chi connectivity index (χ2n) is 3.69. The highest BCUT2D eigenvalue weighted by molar-refractivity contribution is 5.32. The monoisotopic (exact) mass is 236 g/mol. The van der Waals surface area contributed by atoms with Gasteiger partial charge in [0.2, 0.25) is 0 Å². The highest BCUT2D eigenvalue weighted by Crippen LogP contribution is 2.26. The van der Waals surface area contributed by atoms with E-state index >= 15 is 0 Å². The van der Waals surface area contributed by atoms with Crippen molar-refractivity contribution in [2.45, 2.75) is 25.9 Å². The highest BCUT2D eigenvalue weighted by atomic mass is 16.5. The summed E-state index contributed by atoms with van der Waals surface area (Å²) in [5.41, 5.74) is 7.64. The summed E-state index contributed by atoms with van der Waals surface area (Å²) in [6.07, 6.45) is 4.25. The van der Waals surface area contributed by atoms with Crippen molar-refractivity contribution in [1.29, 1.82) is 0 Å². The predicted molar refractivity (Wildman–Crippen MR) is 61.5 cm³/mol. The molecule has 0 radical (unpaired) electrons. The van der Waals surface area contributed by atoms with E-state index in [2.05, 4.69) is 27.4 Å². The molecule has 3 N–H and O–H groups in total. The number of nitrogens with two attached hydrogens (primary N) is 1. The van der Waals surface area contributed by atoms with Gasteiger partial charge in [0.15, 0.2) is 5.75 Å². The molecule has 7 heteroatoms. The Hall–Kier alpha value is -1.89. The minimum Gasteiger partial charge on any atom is -0.493 e. The Morgan fingerprint density at radius 2 is 2.35 bits per heavy atom. The lowest BCUT2D eigenvalue weighted by atomic mass is 10.1. The zero-order valence-corrected chi connectivity index (χ0v) is 9.92. The van der Waals surface area contributed by atoms with Crippen molar-refractivity contribution in [2.24, 2.45) is 5.73 Å². The number of rotatable bonds is 5. The zero-order valence-electron chi connectivity index (χ0n) is 9.92. The number of nitrogens with zero attached hydrogens (tertiary/aromatic N) is 4. The third kappa shape index (κ3) is 2.14. The number of H-pyrrole nitrogens is 1. The Morgan fingerprint density at radius 1 is 1.53 bits per heavy atom. The maximum atomic E-state index is 6.15. The fourth-order valence-corrected chi connectivity index (χ4v) is 1.74. The molecule has 1 atom stereocenters. The molecule has 0 bridgehead atoms. The van der Waals surface area contributed by atoms with Crippen LogP contribution in [-0.2, 0) is 6.54 Å². The van der Waals surface area contributed by atoms with Crippen molar-refractivity contribution >= 4 is 0 Å². The lowest BCUT2D eigenvalue weighted by Crippen LogP contribution is -2.18. The molecule has 7 nitrogen and oxygen atoms in total. The first-order chi connectivity index (χ1) is 8.27. The summed E-state index contributed by atoms with van der Waals surface area (Å²) in [5.74, 6) is 0.675. The van der Waals surface area contributed by atoms with Crippen molar-refractivity contribution in [3.63, 3.8) is 0 Å². The van der Waals surface area contributed by atoms with Crippen molar-refractivity contribution in [1.82, 2.24) is 25.2 Å². The van der Waals surface area contributed by atoms with Gasteiger partial charge in [-0.25, -0.2) is 0 Å². The van der Waals surface area contributed by atoms with E-state index in [9.17, 15) is 0 Å². The molecule has 2 aromatic heterocycles. The van der Waals surface area contributed by atoms with Gasteiger partial charge in [0.1, 0.15) is 11.4 Å². The molecule has 1 unspecified atom stereocenters. The molecule has 0 aromatic carbocycles. The first-order valence-electron chi connectivity index (χ1n) is 5.48. The second-order valence-corrected chi connectivity index (χ2v) is 3.69. The molecule has 0 saturated carbocycles. The van der Waals surface area contributed by atoms with E-state index in [1.165, 1.54) is 0 Å². The summed E-state index contributed by atoms with van der Waals surface area (Å²) >= 11 is 0. The summed E-state index contributed by atoms with van der Waals surface area (Å²) in [4.78, 5) is 0. The number of hydrogen-bond acceptors (Lipinski definition) is 5. The van der Waals surface area contributed by atoms with Crippen LogP contribution in [0.25, 0.3) is 0 Å². The summed E-state index contributed by atoms with van der Waals surface area (Å²) in [6, 6.07) is -0.391. The second kappa shape index (κ2) is 4.96. The van der Waals surface area contributed by atoms with Gasteiger partial charge in [0.05, 0.1) is 25.5 Å². The number of hydrogen-bond donors (Lipinski definition) is 2. The number of aryl methyl sites for hydroxylation is 1. The number of aromatic amines is 1. The summed E-state index contributed by atoms with van der Waals surface area (Å²) in [6.45, 7) is 2.88. The van der Waals surface area contributed by atoms with Gasteiger partial charge in [0, 0.05) is 6.54 Å². The van der Waals surface area contributed by atoms with Crippen molar-refractivity contribution in [3.8, 4) is 5.75 Å². The van der Waals surface area contributed by atoms with Crippen LogP contribution in [0.4, 0.5) is 0 Å². The van der Waals surface area contributed by atoms with Crippen LogP contribution in [0.5, 0.6) is 5.75 Å². The molecule has 0 aliphatic carbocycles. The molecule has 92 valence electrons. The normalized spacial score (nSPS) is 12.6. The van der Waals surface area contributed by atoms with Crippen LogP contribution in [-0.4, -0.2) is 32.3 Å². The molecule has 17 heavy (non-hydrogen) atoms. The first-order valence-corrected chi connectivity index (χ1v) is 5.48. The smallest absolute Gasteiger partial charge is 0.161 e. The van der Waals surface area contributed by atoms with Crippen LogP contribution < -0.4 is 10.5 Å². The molecule has 0 saturated heterocycles. The van der Waals surface area contributed by atoms with E-state index in [0.717, 1.165) is 18.7 Å². The standard InChI is InChI=1S/C10H16N6O/c1-3-4-16-10(8(17-2)6-13-16)9(11)7-5-12-15-14-7/h5-6,9H,3-4,11H2,1-2H3,(H,12,14,15). The SMILES string of the molecule is CCCn1ncc(OC)c1C(N)c1cn[nH]n1. The topological polar surface area (TPSA) is 94.6 Å².